The molecule has 0 fully saturated rings. The molecule has 1 aromatic heterocycles. The van der Waals surface area contributed by atoms with Gasteiger partial charge in [-0.1, -0.05) is 166 Å². The van der Waals surface area contributed by atoms with Gasteiger partial charge in [-0.15, -0.1) is 0 Å². The average molecular weight is 681 g/mol. The Morgan fingerprint density at radius 3 is 1.98 bits per heavy atom. The standard InChI is InChI=1S/C51H40N2/c1-51(2)46-25-12-9-20-40(46)44-23-15-24-45(50(44)51)42-22-11-13-26-47(42)52(38-30-28-36(29-31-38)35-16-5-3-6-17-35)39-32-33-43-41-21-10-14-27-48(41)53(49(43)34-39)37-18-7-4-8-19-37/h3-18,20-34,37H,19H2,1-2H3. The molecule has 1 unspecified atom stereocenters. The van der Waals surface area contributed by atoms with Crippen molar-refractivity contribution in [3.63, 3.8) is 0 Å². The lowest BCUT2D eigenvalue weighted by atomic mass is 9.78. The number of para-hydroxylation sites is 2. The molecule has 0 bridgehead atoms. The fourth-order valence-corrected chi connectivity index (χ4v) is 9.07. The smallest absolute Gasteiger partial charge is 0.0560 e. The quantitative estimate of drug-likeness (QED) is 0.170. The molecule has 2 aliphatic carbocycles. The topological polar surface area (TPSA) is 8.17 Å². The fraction of sp³-hybridized carbons (Fsp3) is 0.0980. The Hall–Kier alpha value is -6.38. The summed E-state index contributed by atoms with van der Waals surface area (Å²) in [4.78, 5) is 2.47. The highest BCUT2D eigenvalue weighted by Gasteiger charge is 2.38. The molecule has 0 saturated carbocycles. The van der Waals surface area contributed by atoms with Gasteiger partial charge < -0.3 is 9.47 Å². The fourth-order valence-electron chi connectivity index (χ4n) is 9.07. The molecular formula is C51H40N2. The second-order valence-electron chi connectivity index (χ2n) is 14.9. The van der Waals surface area contributed by atoms with Crippen molar-refractivity contribution in [1.29, 1.82) is 0 Å². The normalized spacial score (nSPS) is 15.5. The van der Waals surface area contributed by atoms with E-state index in [0.717, 1.165) is 23.5 Å². The summed E-state index contributed by atoms with van der Waals surface area (Å²) < 4.78 is 2.54. The number of hydrogen-bond donors (Lipinski definition) is 0. The molecule has 53 heavy (non-hydrogen) atoms. The molecule has 2 nitrogen and oxygen atoms in total. The summed E-state index contributed by atoms with van der Waals surface area (Å²) in [5.41, 5.74) is 16.1. The first kappa shape index (κ1) is 31.4. The Morgan fingerprint density at radius 2 is 1.17 bits per heavy atom. The number of aromatic nitrogens is 1. The van der Waals surface area contributed by atoms with Crippen LogP contribution in [0.15, 0.2) is 188 Å². The lowest BCUT2D eigenvalue weighted by molar-refractivity contribution is 0.648. The molecule has 10 rings (SSSR count). The monoisotopic (exact) mass is 680 g/mol. The van der Waals surface area contributed by atoms with Crippen LogP contribution in [0.1, 0.15) is 37.4 Å². The Morgan fingerprint density at radius 1 is 0.528 bits per heavy atom. The van der Waals surface area contributed by atoms with E-state index in [4.69, 9.17) is 0 Å². The molecule has 0 N–H and O–H groups in total. The largest absolute Gasteiger partial charge is 0.333 e. The number of nitrogens with zero attached hydrogens (tertiary/aromatic N) is 2. The second-order valence-corrected chi connectivity index (χ2v) is 14.9. The van der Waals surface area contributed by atoms with Crippen molar-refractivity contribution in [3.8, 4) is 33.4 Å². The molecule has 1 atom stereocenters. The van der Waals surface area contributed by atoms with E-state index in [1.165, 1.54) is 66.3 Å². The average Bonchev–Trinajstić information content (AvgIpc) is 3.67. The van der Waals surface area contributed by atoms with Crippen LogP contribution >= 0.6 is 0 Å². The highest BCUT2D eigenvalue weighted by Crippen LogP contribution is 2.54. The van der Waals surface area contributed by atoms with E-state index in [2.05, 4.69) is 211 Å². The van der Waals surface area contributed by atoms with Crippen LogP contribution in [-0.2, 0) is 5.41 Å². The third kappa shape index (κ3) is 5.01. The maximum absolute atomic E-state index is 2.54. The van der Waals surface area contributed by atoms with Crippen molar-refractivity contribution in [2.75, 3.05) is 4.90 Å². The minimum atomic E-state index is -0.139. The molecule has 7 aromatic carbocycles. The summed E-state index contributed by atoms with van der Waals surface area (Å²) in [6.07, 6.45) is 9.94. The Labute approximate surface area is 311 Å². The van der Waals surface area contributed by atoms with Crippen molar-refractivity contribution in [2.24, 2.45) is 0 Å². The van der Waals surface area contributed by atoms with Crippen LogP contribution in [0.2, 0.25) is 0 Å². The molecule has 2 aliphatic rings. The molecular weight excluding hydrogens is 641 g/mol. The van der Waals surface area contributed by atoms with Gasteiger partial charge in [0.25, 0.3) is 0 Å². The first-order valence-electron chi connectivity index (χ1n) is 18.7. The van der Waals surface area contributed by atoms with Gasteiger partial charge in [0.15, 0.2) is 0 Å². The Kier molecular flexibility index (Phi) is 7.33. The summed E-state index contributed by atoms with van der Waals surface area (Å²) in [5, 5.41) is 2.57. The van der Waals surface area contributed by atoms with Gasteiger partial charge in [-0.3, -0.25) is 0 Å². The van der Waals surface area contributed by atoms with Crippen molar-refractivity contribution < 1.29 is 0 Å². The SMILES string of the molecule is CC1(C)c2ccccc2-c2cccc(-c3ccccc3N(c3ccc(-c4ccccc4)cc3)c3ccc4c5ccccc5n(C5C=CC=CC5)c4c3)c21. The zero-order chi connectivity index (χ0) is 35.5. The third-order valence-corrected chi connectivity index (χ3v) is 11.5. The van der Waals surface area contributed by atoms with Gasteiger partial charge in [0.05, 0.1) is 17.2 Å². The number of fused-ring (bicyclic) bond motifs is 6. The van der Waals surface area contributed by atoms with Crippen molar-refractivity contribution in [3.05, 3.63) is 199 Å². The van der Waals surface area contributed by atoms with Gasteiger partial charge >= 0.3 is 0 Å². The molecule has 0 aliphatic heterocycles. The third-order valence-electron chi connectivity index (χ3n) is 11.5. The number of hydrogen-bond acceptors (Lipinski definition) is 1. The minimum absolute atomic E-state index is 0.139. The van der Waals surface area contributed by atoms with E-state index < -0.39 is 0 Å². The van der Waals surface area contributed by atoms with Crippen molar-refractivity contribution in [1.82, 2.24) is 4.57 Å². The lowest BCUT2D eigenvalue weighted by Crippen LogP contribution is -2.17. The minimum Gasteiger partial charge on any atom is -0.333 e. The predicted molar refractivity (Wildman–Crippen MR) is 224 cm³/mol. The molecule has 1 heterocycles. The van der Waals surface area contributed by atoms with Crippen molar-refractivity contribution >= 4 is 38.9 Å². The van der Waals surface area contributed by atoms with E-state index >= 15 is 0 Å². The van der Waals surface area contributed by atoms with Crippen LogP contribution in [0.25, 0.3) is 55.2 Å². The Bertz CT molecular complexity index is 2730. The van der Waals surface area contributed by atoms with Crippen LogP contribution < -0.4 is 4.90 Å². The van der Waals surface area contributed by atoms with E-state index in [1.54, 1.807) is 0 Å². The van der Waals surface area contributed by atoms with E-state index in [-0.39, 0.29) is 11.5 Å². The van der Waals surface area contributed by atoms with Crippen LogP contribution in [0, 0.1) is 0 Å². The van der Waals surface area contributed by atoms with Crippen LogP contribution in [0.3, 0.4) is 0 Å². The molecule has 8 aromatic rings. The molecule has 0 amide bonds. The number of anilines is 3. The van der Waals surface area contributed by atoms with Gasteiger partial charge in [-0.05, 0) is 81.8 Å². The molecule has 2 heteroatoms. The number of allylic oxidation sites excluding steroid dienone is 4. The van der Waals surface area contributed by atoms with E-state index in [1.807, 2.05) is 0 Å². The number of benzene rings is 7. The summed E-state index contributed by atoms with van der Waals surface area (Å²) in [6.45, 7) is 4.76. The zero-order valence-corrected chi connectivity index (χ0v) is 30.1. The number of rotatable bonds is 6. The lowest BCUT2D eigenvalue weighted by Gasteiger charge is -2.30. The molecule has 0 saturated heterocycles. The predicted octanol–water partition coefficient (Wildman–Crippen LogP) is 14.0. The highest BCUT2D eigenvalue weighted by molar-refractivity contribution is 6.09. The zero-order valence-electron chi connectivity index (χ0n) is 30.1. The van der Waals surface area contributed by atoms with Crippen LogP contribution in [-0.4, -0.2) is 4.57 Å². The van der Waals surface area contributed by atoms with Gasteiger partial charge in [-0.2, -0.15) is 0 Å². The van der Waals surface area contributed by atoms with Crippen molar-refractivity contribution in [2.45, 2.75) is 31.7 Å². The maximum Gasteiger partial charge on any atom is 0.0560 e. The maximum atomic E-state index is 2.54. The summed E-state index contributed by atoms with van der Waals surface area (Å²) in [7, 11) is 0. The van der Waals surface area contributed by atoms with E-state index in [0.29, 0.717) is 0 Å². The summed E-state index contributed by atoms with van der Waals surface area (Å²) in [6, 6.07) is 60.7. The van der Waals surface area contributed by atoms with Crippen LogP contribution in [0.5, 0.6) is 0 Å². The van der Waals surface area contributed by atoms with Crippen LogP contribution in [0.4, 0.5) is 17.1 Å². The Balaban J connectivity index is 1.21. The van der Waals surface area contributed by atoms with Gasteiger partial charge in [0.1, 0.15) is 0 Å². The van der Waals surface area contributed by atoms with Gasteiger partial charge in [-0.25, -0.2) is 0 Å². The first-order valence-corrected chi connectivity index (χ1v) is 18.7. The van der Waals surface area contributed by atoms with Gasteiger partial charge in [0, 0.05) is 38.6 Å². The molecule has 0 spiro atoms. The first-order chi connectivity index (χ1) is 26.1. The van der Waals surface area contributed by atoms with Gasteiger partial charge in [0.2, 0.25) is 0 Å². The molecule has 254 valence electrons. The summed E-state index contributed by atoms with van der Waals surface area (Å²) in [5.74, 6) is 0. The van der Waals surface area contributed by atoms with E-state index in [9.17, 15) is 0 Å². The molecule has 0 radical (unpaired) electrons. The highest BCUT2D eigenvalue weighted by atomic mass is 15.1. The second kappa shape index (κ2) is 12.4. The summed E-state index contributed by atoms with van der Waals surface area (Å²) >= 11 is 0.